The fraction of sp³-hybridized carbons (Fsp3) is 0.692. The van der Waals surface area contributed by atoms with Gasteiger partial charge in [-0.25, -0.2) is 4.98 Å². The minimum Gasteiger partial charge on any atom is -0.382 e. The first kappa shape index (κ1) is 15.1. The van der Waals surface area contributed by atoms with Crippen LogP contribution in [0.2, 0.25) is 0 Å². The van der Waals surface area contributed by atoms with Gasteiger partial charge < -0.3 is 21.1 Å². The van der Waals surface area contributed by atoms with E-state index in [0.29, 0.717) is 15.8 Å². The van der Waals surface area contributed by atoms with E-state index in [1.807, 2.05) is 6.92 Å². The summed E-state index contributed by atoms with van der Waals surface area (Å²) in [6, 6.07) is 0.188. The molecule has 1 aliphatic rings. The van der Waals surface area contributed by atoms with Gasteiger partial charge in [0, 0.05) is 19.2 Å². The van der Waals surface area contributed by atoms with E-state index >= 15 is 0 Å². The van der Waals surface area contributed by atoms with Crippen LogP contribution in [0.1, 0.15) is 42.8 Å². The molecular formula is C13H22N4O2S. The maximum absolute atomic E-state index is 12.1. The number of rotatable bonds is 7. The molecule has 0 atom stereocenters. The second kappa shape index (κ2) is 6.90. The molecule has 0 aromatic carbocycles. The van der Waals surface area contributed by atoms with E-state index in [4.69, 9.17) is 10.5 Å². The van der Waals surface area contributed by atoms with Gasteiger partial charge in [0.05, 0.1) is 6.10 Å². The second-order valence-corrected chi connectivity index (χ2v) is 5.88. The van der Waals surface area contributed by atoms with Crippen molar-refractivity contribution < 1.29 is 9.53 Å². The average molecular weight is 298 g/mol. The van der Waals surface area contributed by atoms with Crippen LogP contribution in [0.3, 0.4) is 0 Å². The van der Waals surface area contributed by atoms with E-state index in [1.54, 1.807) is 0 Å². The number of amides is 1. The number of anilines is 2. The van der Waals surface area contributed by atoms with Crippen molar-refractivity contribution in [3.8, 4) is 0 Å². The van der Waals surface area contributed by atoms with Gasteiger partial charge in [-0.2, -0.15) is 0 Å². The number of aromatic nitrogens is 1. The Kier molecular flexibility index (Phi) is 5.19. The van der Waals surface area contributed by atoms with Crippen LogP contribution in [0.4, 0.5) is 10.9 Å². The quantitative estimate of drug-likeness (QED) is 0.715. The lowest BCUT2D eigenvalue weighted by Gasteiger charge is -2.35. The van der Waals surface area contributed by atoms with Crippen molar-refractivity contribution >= 4 is 28.2 Å². The predicted octanol–water partition coefficient (Wildman–Crippen LogP) is 1.84. The van der Waals surface area contributed by atoms with Gasteiger partial charge in [-0.3, -0.25) is 4.79 Å². The summed E-state index contributed by atoms with van der Waals surface area (Å²) in [5.74, 6) is 0.163. The normalized spacial score (nSPS) is 21.3. The van der Waals surface area contributed by atoms with Crippen molar-refractivity contribution in [1.82, 2.24) is 10.3 Å². The summed E-state index contributed by atoms with van der Waals surface area (Å²) in [5, 5.41) is 6.82. The van der Waals surface area contributed by atoms with Gasteiger partial charge in [-0.15, -0.1) is 0 Å². The zero-order chi connectivity index (χ0) is 14.5. The molecule has 6 nitrogen and oxygen atoms in total. The molecule has 1 heterocycles. The Bertz CT molecular complexity index is 457. The Balaban J connectivity index is 1.85. The van der Waals surface area contributed by atoms with Crippen molar-refractivity contribution in [3.05, 3.63) is 4.88 Å². The molecule has 1 aliphatic carbocycles. The highest BCUT2D eigenvalue weighted by atomic mass is 32.1. The monoisotopic (exact) mass is 298 g/mol. The molecule has 1 aromatic heterocycles. The zero-order valence-corrected chi connectivity index (χ0v) is 12.8. The second-order valence-electron chi connectivity index (χ2n) is 4.88. The lowest BCUT2D eigenvalue weighted by atomic mass is 9.89. The highest BCUT2D eigenvalue weighted by molar-refractivity contribution is 7.18. The number of thiazole rings is 1. The number of hydrogen-bond donors (Lipinski definition) is 3. The zero-order valence-electron chi connectivity index (χ0n) is 11.9. The van der Waals surface area contributed by atoms with E-state index in [1.165, 1.54) is 11.3 Å². The minimum atomic E-state index is -0.135. The number of nitrogen functional groups attached to an aromatic ring is 1. The minimum absolute atomic E-state index is 0.135. The van der Waals surface area contributed by atoms with Crippen molar-refractivity contribution in [2.24, 2.45) is 0 Å². The van der Waals surface area contributed by atoms with E-state index < -0.39 is 0 Å². The van der Waals surface area contributed by atoms with Gasteiger partial charge in [-0.1, -0.05) is 18.3 Å². The summed E-state index contributed by atoms with van der Waals surface area (Å²) >= 11 is 1.30. The highest BCUT2D eigenvalue weighted by Crippen LogP contribution is 2.27. The molecule has 1 aromatic rings. The third-order valence-corrected chi connectivity index (χ3v) is 4.25. The smallest absolute Gasteiger partial charge is 0.265 e. The number of nitrogens with two attached hydrogens (primary N) is 1. The van der Waals surface area contributed by atoms with Crippen molar-refractivity contribution in [2.45, 2.75) is 45.3 Å². The van der Waals surface area contributed by atoms with Crippen LogP contribution in [0, 0.1) is 0 Å². The topological polar surface area (TPSA) is 89.3 Å². The summed E-state index contributed by atoms with van der Waals surface area (Å²) in [4.78, 5) is 16.8. The van der Waals surface area contributed by atoms with Crippen molar-refractivity contribution in [2.75, 3.05) is 24.2 Å². The molecule has 1 amide bonds. The van der Waals surface area contributed by atoms with Gasteiger partial charge in [0.2, 0.25) is 0 Å². The number of nitrogens with zero attached hydrogens (tertiary/aromatic N) is 1. The summed E-state index contributed by atoms with van der Waals surface area (Å²) in [6.07, 6.45) is 3.03. The van der Waals surface area contributed by atoms with Gasteiger partial charge >= 0.3 is 0 Å². The van der Waals surface area contributed by atoms with Crippen LogP contribution >= 0.6 is 11.3 Å². The first-order chi connectivity index (χ1) is 9.63. The molecule has 20 heavy (non-hydrogen) atoms. The molecule has 2 rings (SSSR count). The van der Waals surface area contributed by atoms with Crippen molar-refractivity contribution in [1.29, 1.82) is 0 Å². The van der Waals surface area contributed by atoms with Gasteiger partial charge in [0.1, 0.15) is 10.7 Å². The maximum Gasteiger partial charge on any atom is 0.265 e. The molecule has 112 valence electrons. The average Bonchev–Trinajstić information content (AvgIpc) is 2.75. The van der Waals surface area contributed by atoms with Crippen LogP contribution in [-0.2, 0) is 4.74 Å². The number of ether oxygens (including phenoxy) is 1. The Morgan fingerprint density at radius 1 is 1.50 bits per heavy atom. The molecule has 0 bridgehead atoms. The third-order valence-electron chi connectivity index (χ3n) is 3.22. The Morgan fingerprint density at radius 3 is 2.90 bits per heavy atom. The van der Waals surface area contributed by atoms with Crippen LogP contribution in [0.5, 0.6) is 0 Å². The van der Waals surface area contributed by atoms with Crippen LogP contribution < -0.4 is 16.4 Å². The van der Waals surface area contributed by atoms with Gasteiger partial charge in [0.25, 0.3) is 5.91 Å². The molecule has 7 heteroatoms. The third kappa shape index (κ3) is 3.61. The maximum atomic E-state index is 12.1. The van der Waals surface area contributed by atoms with Gasteiger partial charge in [0.15, 0.2) is 5.13 Å². The van der Waals surface area contributed by atoms with E-state index in [9.17, 15) is 4.79 Å². The molecule has 1 saturated carbocycles. The molecule has 1 fully saturated rings. The Labute approximate surface area is 123 Å². The standard InChI is InChI=1S/C13H22N4O2S/c1-3-5-15-13-17-11(14)10(20-13)12(18)16-8-6-9(7-8)19-4-2/h8-9H,3-7,14H2,1-2H3,(H,15,17)(H,16,18). The number of nitrogens with one attached hydrogen (secondary N) is 2. The summed E-state index contributed by atoms with van der Waals surface area (Å²) in [6.45, 7) is 5.60. The van der Waals surface area contributed by atoms with Gasteiger partial charge in [-0.05, 0) is 26.2 Å². The molecule has 0 spiro atoms. The molecule has 0 saturated heterocycles. The lowest BCUT2D eigenvalue weighted by molar-refractivity contribution is -0.00858. The fourth-order valence-corrected chi connectivity index (χ4v) is 2.92. The fourth-order valence-electron chi connectivity index (χ4n) is 2.11. The number of hydrogen-bond acceptors (Lipinski definition) is 6. The van der Waals surface area contributed by atoms with Crippen molar-refractivity contribution in [3.63, 3.8) is 0 Å². The first-order valence-corrected chi connectivity index (χ1v) is 7.88. The lowest BCUT2D eigenvalue weighted by Crippen LogP contribution is -2.47. The van der Waals surface area contributed by atoms with E-state index in [-0.39, 0.29) is 18.1 Å². The number of carbonyl (C=O) groups excluding carboxylic acids is 1. The van der Waals surface area contributed by atoms with E-state index in [2.05, 4.69) is 22.5 Å². The molecular weight excluding hydrogens is 276 g/mol. The molecule has 0 unspecified atom stereocenters. The Morgan fingerprint density at radius 2 is 2.25 bits per heavy atom. The van der Waals surface area contributed by atoms with E-state index in [0.717, 1.165) is 32.4 Å². The number of carbonyl (C=O) groups is 1. The van der Waals surface area contributed by atoms with Crippen LogP contribution in [0.15, 0.2) is 0 Å². The molecule has 0 radical (unpaired) electrons. The van der Waals surface area contributed by atoms with Crippen LogP contribution in [0.25, 0.3) is 0 Å². The summed E-state index contributed by atoms with van der Waals surface area (Å²) in [5.41, 5.74) is 5.80. The molecule has 4 N–H and O–H groups in total. The SMILES string of the molecule is CCCNc1nc(N)c(C(=O)NC2CC(OCC)C2)s1. The summed E-state index contributed by atoms with van der Waals surface area (Å²) < 4.78 is 5.47. The predicted molar refractivity (Wildman–Crippen MR) is 81.2 cm³/mol. The van der Waals surface area contributed by atoms with Crippen LogP contribution in [-0.4, -0.2) is 36.2 Å². The summed E-state index contributed by atoms with van der Waals surface area (Å²) in [7, 11) is 0. The largest absolute Gasteiger partial charge is 0.382 e. The highest BCUT2D eigenvalue weighted by Gasteiger charge is 2.31. The Hall–Kier alpha value is -1.34. The first-order valence-electron chi connectivity index (χ1n) is 7.06. The molecule has 0 aliphatic heterocycles.